The predicted molar refractivity (Wildman–Crippen MR) is 64.5 cm³/mol. The van der Waals surface area contributed by atoms with E-state index in [0.717, 1.165) is 16.8 Å². The fourth-order valence-corrected chi connectivity index (χ4v) is 1.57. The van der Waals surface area contributed by atoms with Gasteiger partial charge in [-0.25, -0.2) is 9.97 Å². The van der Waals surface area contributed by atoms with E-state index in [-0.39, 0.29) is 0 Å². The van der Waals surface area contributed by atoms with Crippen LogP contribution in [0.1, 0.15) is 11.3 Å². The molecule has 1 aromatic carbocycles. The largest absolute Gasteiger partial charge is 0.384 e. The molecule has 1 heterocycles. The normalized spacial score (nSPS) is 10.4. The number of nitrogens with two attached hydrogens (primary N) is 2. The first-order valence-electron chi connectivity index (χ1n) is 5.10. The maximum absolute atomic E-state index is 5.72. The van der Waals surface area contributed by atoms with Gasteiger partial charge in [-0.3, -0.25) is 0 Å². The van der Waals surface area contributed by atoms with Crippen LogP contribution in [0.3, 0.4) is 0 Å². The molecule has 0 bridgehead atoms. The van der Waals surface area contributed by atoms with Gasteiger partial charge < -0.3 is 11.5 Å². The fourth-order valence-electron chi connectivity index (χ4n) is 1.57. The maximum atomic E-state index is 5.72. The summed E-state index contributed by atoms with van der Waals surface area (Å²) in [5, 5.41) is 0. The Morgan fingerprint density at radius 3 is 2.62 bits per heavy atom. The quantitative estimate of drug-likeness (QED) is 0.794. The molecule has 0 aliphatic carbocycles. The summed E-state index contributed by atoms with van der Waals surface area (Å²) < 4.78 is 0. The number of aromatic nitrogens is 2. The Kier molecular flexibility index (Phi) is 2.83. The highest BCUT2D eigenvalue weighted by Crippen LogP contribution is 2.20. The number of hydrogen-bond acceptors (Lipinski definition) is 4. The smallest absolute Gasteiger partial charge is 0.162 e. The minimum atomic E-state index is 0.367. The number of hydrogen-bond donors (Lipinski definition) is 2. The Hall–Kier alpha value is -1.94. The molecule has 0 saturated heterocycles. The Morgan fingerprint density at radius 1 is 1.19 bits per heavy atom. The van der Waals surface area contributed by atoms with E-state index in [4.69, 9.17) is 11.5 Å². The SMILES string of the molecule is Cc1ccccc1-c1nc(N)cc(CN)n1. The lowest BCUT2D eigenvalue weighted by molar-refractivity contribution is 0.972. The van der Waals surface area contributed by atoms with Crippen molar-refractivity contribution >= 4 is 5.82 Å². The van der Waals surface area contributed by atoms with Crippen molar-refractivity contribution in [2.24, 2.45) is 5.73 Å². The summed E-state index contributed by atoms with van der Waals surface area (Å²) in [6.45, 7) is 2.38. The molecule has 0 radical (unpaired) electrons. The van der Waals surface area contributed by atoms with E-state index in [2.05, 4.69) is 9.97 Å². The van der Waals surface area contributed by atoms with Gasteiger partial charge in [-0.1, -0.05) is 24.3 Å². The zero-order chi connectivity index (χ0) is 11.5. The second-order valence-corrected chi connectivity index (χ2v) is 3.63. The van der Waals surface area contributed by atoms with Gasteiger partial charge in [0.1, 0.15) is 5.82 Å². The minimum Gasteiger partial charge on any atom is -0.384 e. The monoisotopic (exact) mass is 214 g/mol. The molecule has 16 heavy (non-hydrogen) atoms. The molecule has 82 valence electrons. The molecule has 4 heteroatoms. The van der Waals surface area contributed by atoms with E-state index in [9.17, 15) is 0 Å². The lowest BCUT2D eigenvalue weighted by Gasteiger charge is -2.06. The minimum absolute atomic E-state index is 0.367. The highest BCUT2D eigenvalue weighted by Gasteiger charge is 2.06. The Bertz CT molecular complexity index is 508. The number of anilines is 1. The van der Waals surface area contributed by atoms with Crippen LogP contribution >= 0.6 is 0 Å². The molecule has 4 N–H and O–H groups in total. The molecular weight excluding hydrogens is 200 g/mol. The van der Waals surface area contributed by atoms with Crippen LogP contribution in [0, 0.1) is 6.92 Å². The summed E-state index contributed by atoms with van der Waals surface area (Å²) in [6, 6.07) is 9.63. The zero-order valence-electron chi connectivity index (χ0n) is 9.14. The van der Waals surface area contributed by atoms with Crippen LogP contribution in [0.25, 0.3) is 11.4 Å². The van der Waals surface area contributed by atoms with Crippen molar-refractivity contribution in [1.82, 2.24) is 9.97 Å². The van der Waals surface area contributed by atoms with Gasteiger partial charge in [0, 0.05) is 18.2 Å². The summed E-state index contributed by atoms with van der Waals surface area (Å²) >= 11 is 0. The molecule has 0 fully saturated rings. The molecule has 2 rings (SSSR count). The number of aryl methyl sites for hydroxylation is 1. The third kappa shape index (κ3) is 2.01. The summed E-state index contributed by atoms with van der Waals surface area (Å²) in [4.78, 5) is 8.59. The van der Waals surface area contributed by atoms with E-state index in [1.54, 1.807) is 6.07 Å². The molecule has 0 aliphatic heterocycles. The van der Waals surface area contributed by atoms with Crippen LogP contribution in [-0.2, 0) is 6.54 Å². The predicted octanol–water partition coefficient (Wildman–Crippen LogP) is 1.49. The first-order chi connectivity index (χ1) is 7.70. The second kappa shape index (κ2) is 4.28. The van der Waals surface area contributed by atoms with Gasteiger partial charge in [-0.2, -0.15) is 0 Å². The molecule has 0 atom stereocenters. The Morgan fingerprint density at radius 2 is 1.94 bits per heavy atom. The lowest BCUT2D eigenvalue weighted by Crippen LogP contribution is -2.05. The van der Waals surface area contributed by atoms with E-state index in [0.29, 0.717) is 18.2 Å². The van der Waals surface area contributed by atoms with E-state index in [1.165, 1.54) is 0 Å². The first-order valence-corrected chi connectivity index (χ1v) is 5.10. The second-order valence-electron chi connectivity index (χ2n) is 3.63. The summed E-state index contributed by atoms with van der Waals surface area (Å²) in [5.74, 6) is 1.09. The molecule has 0 unspecified atom stereocenters. The van der Waals surface area contributed by atoms with Crippen molar-refractivity contribution in [3.63, 3.8) is 0 Å². The molecule has 0 amide bonds. The average Bonchev–Trinajstić information content (AvgIpc) is 2.28. The van der Waals surface area contributed by atoms with Gasteiger partial charge in [-0.15, -0.1) is 0 Å². The number of nitrogens with zero attached hydrogens (tertiary/aromatic N) is 2. The first kappa shape index (κ1) is 10.6. The summed E-state index contributed by atoms with van der Waals surface area (Å²) in [7, 11) is 0. The highest BCUT2D eigenvalue weighted by atomic mass is 15.0. The van der Waals surface area contributed by atoms with Crippen LogP contribution < -0.4 is 11.5 Å². The topological polar surface area (TPSA) is 77.8 Å². The van der Waals surface area contributed by atoms with Gasteiger partial charge in [0.05, 0.1) is 5.69 Å². The van der Waals surface area contributed by atoms with Crippen LogP contribution in [0.2, 0.25) is 0 Å². The van der Waals surface area contributed by atoms with Crippen LogP contribution in [0.15, 0.2) is 30.3 Å². The third-order valence-corrected chi connectivity index (χ3v) is 2.39. The van der Waals surface area contributed by atoms with Crippen molar-refractivity contribution in [3.8, 4) is 11.4 Å². The Balaban J connectivity index is 2.56. The van der Waals surface area contributed by atoms with Crippen molar-refractivity contribution in [3.05, 3.63) is 41.6 Å². The van der Waals surface area contributed by atoms with Crippen molar-refractivity contribution < 1.29 is 0 Å². The molecule has 0 saturated carbocycles. The van der Waals surface area contributed by atoms with E-state index in [1.807, 2.05) is 31.2 Å². The molecule has 0 spiro atoms. The Labute approximate surface area is 94.3 Å². The van der Waals surface area contributed by atoms with Crippen molar-refractivity contribution in [2.45, 2.75) is 13.5 Å². The van der Waals surface area contributed by atoms with E-state index < -0.39 is 0 Å². The van der Waals surface area contributed by atoms with Gasteiger partial charge in [0.2, 0.25) is 0 Å². The van der Waals surface area contributed by atoms with Gasteiger partial charge >= 0.3 is 0 Å². The molecule has 1 aromatic heterocycles. The van der Waals surface area contributed by atoms with Gasteiger partial charge in [-0.05, 0) is 12.5 Å². The van der Waals surface area contributed by atoms with Crippen LogP contribution in [0.5, 0.6) is 0 Å². The standard InChI is InChI=1S/C12H14N4/c1-8-4-2-3-5-10(8)12-15-9(7-13)6-11(14)16-12/h2-6H,7,13H2,1H3,(H2,14,15,16). The van der Waals surface area contributed by atoms with Gasteiger partial charge in [0.25, 0.3) is 0 Å². The number of nitrogen functional groups attached to an aromatic ring is 1. The average molecular weight is 214 g/mol. The van der Waals surface area contributed by atoms with Crippen molar-refractivity contribution in [1.29, 1.82) is 0 Å². The lowest BCUT2D eigenvalue weighted by atomic mass is 10.1. The fraction of sp³-hybridized carbons (Fsp3) is 0.167. The molecule has 4 nitrogen and oxygen atoms in total. The van der Waals surface area contributed by atoms with Crippen molar-refractivity contribution in [2.75, 3.05) is 5.73 Å². The molecular formula is C12H14N4. The van der Waals surface area contributed by atoms with Crippen LogP contribution in [-0.4, -0.2) is 9.97 Å². The number of benzene rings is 1. The summed E-state index contributed by atoms with van der Waals surface area (Å²) in [6.07, 6.45) is 0. The zero-order valence-corrected chi connectivity index (χ0v) is 9.14. The van der Waals surface area contributed by atoms with Crippen LogP contribution in [0.4, 0.5) is 5.82 Å². The highest BCUT2D eigenvalue weighted by molar-refractivity contribution is 5.61. The van der Waals surface area contributed by atoms with Gasteiger partial charge in [0.15, 0.2) is 5.82 Å². The molecule has 0 aliphatic rings. The molecule has 2 aromatic rings. The maximum Gasteiger partial charge on any atom is 0.162 e. The third-order valence-electron chi connectivity index (χ3n) is 2.39. The summed E-state index contributed by atoms with van der Waals surface area (Å²) in [5.41, 5.74) is 14.1. The van der Waals surface area contributed by atoms with E-state index >= 15 is 0 Å². The number of rotatable bonds is 2.